The average Bonchev–Trinajstić information content (AvgIpc) is 3.13. The van der Waals surface area contributed by atoms with Crippen LogP contribution >= 0.6 is 0 Å². The van der Waals surface area contributed by atoms with E-state index in [9.17, 15) is 4.79 Å². The van der Waals surface area contributed by atoms with Crippen molar-refractivity contribution in [3.63, 3.8) is 0 Å². The zero-order chi connectivity index (χ0) is 17.2. The Morgan fingerprint density at radius 1 is 1.08 bits per heavy atom. The van der Waals surface area contributed by atoms with E-state index in [0.29, 0.717) is 6.54 Å². The Kier molecular flexibility index (Phi) is 4.40. The third-order valence-corrected chi connectivity index (χ3v) is 5.23. The summed E-state index contributed by atoms with van der Waals surface area (Å²) in [7, 11) is 0. The minimum Gasteiger partial charge on any atom is -0.348 e. The van der Waals surface area contributed by atoms with Gasteiger partial charge in [0.1, 0.15) is 0 Å². The number of hydrogen-bond donors (Lipinski definition) is 0. The molecule has 0 bridgehead atoms. The van der Waals surface area contributed by atoms with Crippen LogP contribution in [0.15, 0.2) is 36.8 Å². The van der Waals surface area contributed by atoms with E-state index in [4.69, 9.17) is 0 Å². The SMILES string of the molecule is C[C@@H]1c2cccn2CCN1C(=O)CN1CCN(c2ncccn2)CC1. The minimum absolute atomic E-state index is 0.148. The van der Waals surface area contributed by atoms with Crippen molar-refractivity contribution >= 4 is 11.9 Å². The van der Waals surface area contributed by atoms with Crippen LogP contribution in [0.2, 0.25) is 0 Å². The lowest BCUT2D eigenvalue weighted by Gasteiger charge is -2.38. The van der Waals surface area contributed by atoms with Gasteiger partial charge in [0, 0.05) is 63.6 Å². The summed E-state index contributed by atoms with van der Waals surface area (Å²) in [4.78, 5) is 27.8. The van der Waals surface area contributed by atoms with Crippen molar-refractivity contribution < 1.29 is 4.79 Å². The summed E-state index contributed by atoms with van der Waals surface area (Å²) in [5.74, 6) is 1.00. The highest BCUT2D eigenvalue weighted by Gasteiger charge is 2.29. The highest BCUT2D eigenvalue weighted by Crippen LogP contribution is 2.25. The predicted octanol–water partition coefficient (Wildman–Crippen LogP) is 1.00. The second-order valence-corrected chi connectivity index (χ2v) is 6.70. The molecule has 2 aromatic heterocycles. The summed E-state index contributed by atoms with van der Waals surface area (Å²) < 4.78 is 2.24. The van der Waals surface area contributed by atoms with E-state index in [0.717, 1.165) is 45.2 Å². The lowest BCUT2D eigenvalue weighted by molar-refractivity contribution is -0.135. The van der Waals surface area contributed by atoms with Crippen LogP contribution in [0.1, 0.15) is 18.7 Å². The molecule has 2 aliphatic heterocycles. The van der Waals surface area contributed by atoms with Crippen molar-refractivity contribution in [2.75, 3.05) is 44.2 Å². The molecule has 0 radical (unpaired) electrons. The number of carbonyl (C=O) groups excluding carboxylic acids is 1. The van der Waals surface area contributed by atoms with Gasteiger partial charge in [0.25, 0.3) is 0 Å². The zero-order valence-corrected chi connectivity index (χ0v) is 14.6. The first-order valence-corrected chi connectivity index (χ1v) is 8.91. The first kappa shape index (κ1) is 16.1. The number of nitrogens with zero attached hydrogens (tertiary/aromatic N) is 6. The van der Waals surface area contributed by atoms with E-state index in [-0.39, 0.29) is 11.9 Å². The van der Waals surface area contributed by atoms with Crippen molar-refractivity contribution in [2.45, 2.75) is 19.5 Å². The van der Waals surface area contributed by atoms with Crippen molar-refractivity contribution in [3.8, 4) is 0 Å². The second kappa shape index (κ2) is 6.84. The van der Waals surface area contributed by atoms with Crippen LogP contribution in [0.3, 0.4) is 0 Å². The smallest absolute Gasteiger partial charge is 0.237 e. The molecule has 1 saturated heterocycles. The van der Waals surface area contributed by atoms with Gasteiger partial charge in [-0.15, -0.1) is 0 Å². The van der Waals surface area contributed by atoms with Crippen LogP contribution in [-0.2, 0) is 11.3 Å². The first-order chi connectivity index (χ1) is 12.2. The molecule has 25 heavy (non-hydrogen) atoms. The predicted molar refractivity (Wildman–Crippen MR) is 95.2 cm³/mol. The molecule has 132 valence electrons. The maximum atomic E-state index is 12.8. The molecule has 0 spiro atoms. The third-order valence-electron chi connectivity index (χ3n) is 5.23. The fourth-order valence-corrected chi connectivity index (χ4v) is 3.76. The fraction of sp³-hybridized carbons (Fsp3) is 0.500. The maximum Gasteiger partial charge on any atom is 0.237 e. The molecular formula is C18H24N6O. The molecule has 2 aliphatic rings. The number of fused-ring (bicyclic) bond motifs is 1. The van der Waals surface area contributed by atoms with Crippen LogP contribution in [0.5, 0.6) is 0 Å². The van der Waals surface area contributed by atoms with E-state index in [1.807, 2.05) is 11.0 Å². The van der Waals surface area contributed by atoms with E-state index >= 15 is 0 Å². The third kappa shape index (κ3) is 3.24. The Hall–Kier alpha value is -2.41. The number of anilines is 1. The van der Waals surface area contributed by atoms with E-state index < -0.39 is 0 Å². The van der Waals surface area contributed by atoms with Crippen LogP contribution in [0, 0.1) is 0 Å². The normalized spacial score (nSPS) is 21.2. The molecule has 0 aromatic carbocycles. The molecule has 4 rings (SSSR count). The zero-order valence-electron chi connectivity index (χ0n) is 14.6. The standard InChI is InChI=1S/C18H24N6O/c1-15-16-4-2-7-22(16)12-13-24(15)17(25)14-21-8-10-23(11-9-21)18-19-5-3-6-20-18/h2-7,15H,8-14H2,1H3/t15-/m1/s1. The second-order valence-electron chi connectivity index (χ2n) is 6.70. The van der Waals surface area contributed by atoms with Gasteiger partial charge in [0.2, 0.25) is 11.9 Å². The van der Waals surface area contributed by atoms with Crippen LogP contribution in [0.4, 0.5) is 5.95 Å². The summed E-state index contributed by atoms with van der Waals surface area (Å²) in [5, 5.41) is 0. The number of rotatable bonds is 3. The summed E-state index contributed by atoms with van der Waals surface area (Å²) in [6.07, 6.45) is 5.64. The molecule has 4 heterocycles. The molecule has 0 N–H and O–H groups in total. The number of aromatic nitrogens is 3. The van der Waals surface area contributed by atoms with Crippen LogP contribution < -0.4 is 4.90 Å². The minimum atomic E-state index is 0.148. The number of hydrogen-bond acceptors (Lipinski definition) is 5. The Morgan fingerprint density at radius 3 is 2.60 bits per heavy atom. The highest BCUT2D eigenvalue weighted by atomic mass is 16.2. The highest BCUT2D eigenvalue weighted by molar-refractivity contribution is 5.79. The molecule has 2 aromatic rings. The summed E-state index contributed by atoms with van der Waals surface area (Å²) >= 11 is 0. The largest absolute Gasteiger partial charge is 0.348 e. The van der Waals surface area contributed by atoms with Gasteiger partial charge in [-0.2, -0.15) is 0 Å². The number of carbonyl (C=O) groups is 1. The molecular weight excluding hydrogens is 316 g/mol. The van der Waals surface area contributed by atoms with Gasteiger partial charge in [0.15, 0.2) is 0 Å². The monoisotopic (exact) mass is 340 g/mol. The lowest BCUT2D eigenvalue weighted by Crippen LogP contribution is -2.51. The van der Waals surface area contributed by atoms with E-state index in [1.165, 1.54) is 5.69 Å². The summed E-state index contributed by atoms with van der Waals surface area (Å²) in [5.41, 5.74) is 1.23. The topological polar surface area (TPSA) is 57.5 Å². The molecule has 7 heteroatoms. The van der Waals surface area contributed by atoms with Crippen LogP contribution in [0.25, 0.3) is 0 Å². The molecule has 0 unspecified atom stereocenters. The van der Waals surface area contributed by atoms with Crippen LogP contribution in [-0.4, -0.2) is 69.5 Å². The number of amides is 1. The molecule has 1 amide bonds. The van der Waals surface area contributed by atoms with Crippen molar-refractivity contribution in [1.29, 1.82) is 0 Å². The Bertz CT molecular complexity index is 722. The fourth-order valence-electron chi connectivity index (χ4n) is 3.76. The molecule has 1 fully saturated rings. The summed E-state index contributed by atoms with van der Waals surface area (Å²) in [6, 6.07) is 6.15. The van der Waals surface area contributed by atoms with E-state index in [1.54, 1.807) is 12.4 Å². The molecule has 7 nitrogen and oxygen atoms in total. The van der Waals surface area contributed by atoms with Gasteiger partial charge in [0.05, 0.1) is 12.6 Å². The van der Waals surface area contributed by atoms with Crippen molar-refractivity contribution in [1.82, 2.24) is 24.3 Å². The van der Waals surface area contributed by atoms with Gasteiger partial charge in [-0.3, -0.25) is 9.69 Å². The maximum absolute atomic E-state index is 12.8. The van der Waals surface area contributed by atoms with Crippen molar-refractivity contribution in [3.05, 3.63) is 42.5 Å². The Balaban J connectivity index is 1.32. The quantitative estimate of drug-likeness (QED) is 0.834. The van der Waals surface area contributed by atoms with Gasteiger partial charge < -0.3 is 14.4 Å². The molecule has 0 saturated carbocycles. The lowest BCUT2D eigenvalue weighted by atomic mass is 10.1. The van der Waals surface area contributed by atoms with Crippen molar-refractivity contribution in [2.24, 2.45) is 0 Å². The molecule has 0 aliphatic carbocycles. The average molecular weight is 340 g/mol. The Morgan fingerprint density at radius 2 is 1.84 bits per heavy atom. The van der Waals surface area contributed by atoms with Gasteiger partial charge >= 0.3 is 0 Å². The number of piperazine rings is 1. The van der Waals surface area contributed by atoms with E-state index in [2.05, 4.69) is 49.6 Å². The van der Waals surface area contributed by atoms with Gasteiger partial charge in [-0.05, 0) is 25.1 Å². The molecule has 1 atom stereocenters. The summed E-state index contributed by atoms with van der Waals surface area (Å²) in [6.45, 7) is 7.73. The van der Waals surface area contributed by atoms with Gasteiger partial charge in [-0.1, -0.05) is 0 Å². The van der Waals surface area contributed by atoms with Gasteiger partial charge in [-0.25, -0.2) is 9.97 Å². The Labute approximate surface area is 147 Å². The first-order valence-electron chi connectivity index (χ1n) is 8.91.